The van der Waals surface area contributed by atoms with Crippen LogP contribution in [0.3, 0.4) is 0 Å². The number of nitrogens with zero attached hydrogens (tertiary/aromatic N) is 3. The Morgan fingerprint density at radius 2 is 2.12 bits per heavy atom. The van der Waals surface area contributed by atoms with Gasteiger partial charge in [0.25, 0.3) is 11.8 Å². The molecule has 2 aliphatic rings. The normalized spacial score (nSPS) is 23.4. The smallest absolute Gasteiger partial charge is 0.258 e. The SMILES string of the molecule is COc1nc(N2CC3(C2)CC3(F)F)cnc1N. The van der Waals surface area contributed by atoms with E-state index < -0.39 is 11.3 Å². The van der Waals surface area contributed by atoms with E-state index in [0.29, 0.717) is 18.9 Å². The maximum absolute atomic E-state index is 13.0. The lowest BCUT2D eigenvalue weighted by atomic mass is 9.96. The lowest BCUT2D eigenvalue weighted by Crippen LogP contribution is -2.51. The van der Waals surface area contributed by atoms with Crippen LogP contribution in [-0.2, 0) is 0 Å². The molecule has 3 rings (SSSR count). The van der Waals surface area contributed by atoms with Gasteiger partial charge in [-0.15, -0.1) is 0 Å². The molecule has 1 aliphatic carbocycles. The maximum Gasteiger partial charge on any atom is 0.258 e. The third kappa shape index (κ3) is 1.34. The van der Waals surface area contributed by atoms with Crippen molar-refractivity contribution >= 4 is 11.6 Å². The zero-order valence-electron chi connectivity index (χ0n) is 9.28. The highest BCUT2D eigenvalue weighted by Gasteiger charge is 2.76. The van der Waals surface area contributed by atoms with Crippen molar-refractivity contribution in [2.24, 2.45) is 5.41 Å². The Bertz CT molecular complexity index is 473. The molecule has 0 atom stereocenters. The molecular weight excluding hydrogens is 230 g/mol. The van der Waals surface area contributed by atoms with E-state index in [-0.39, 0.29) is 18.1 Å². The van der Waals surface area contributed by atoms with Crippen molar-refractivity contribution in [1.29, 1.82) is 0 Å². The fourth-order valence-electron chi connectivity index (χ4n) is 2.25. The number of rotatable bonds is 2. The van der Waals surface area contributed by atoms with Crippen molar-refractivity contribution in [1.82, 2.24) is 9.97 Å². The number of hydrogen-bond acceptors (Lipinski definition) is 5. The third-order valence-corrected chi connectivity index (χ3v) is 3.47. The Balaban J connectivity index is 1.75. The van der Waals surface area contributed by atoms with Gasteiger partial charge in [-0.1, -0.05) is 0 Å². The number of halogens is 2. The Morgan fingerprint density at radius 3 is 2.65 bits per heavy atom. The lowest BCUT2D eigenvalue weighted by molar-refractivity contribution is 0.0518. The van der Waals surface area contributed by atoms with Gasteiger partial charge in [-0.2, -0.15) is 4.98 Å². The third-order valence-electron chi connectivity index (χ3n) is 3.47. The van der Waals surface area contributed by atoms with Gasteiger partial charge in [0.05, 0.1) is 18.7 Å². The first-order valence-corrected chi connectivity index (χ1v) is 5.27. The summed E-state index contributed by atoms with van der Waals surface area (Å²) < 4.78 is 31.0. The molecule has 1 aliphatic heterocycles. The molecule has 92 valence electrons. The van der Waals surface area contributed by atoms with Gasteiger partial charge in [0.1, 0.15) is 0 Å². The second-order valence-electron chi connectivity index (χ2n) is 4.64. The first-order valence-electron chi connectivity index (χ1n) is 5.27. The van der Waals surface area contributed by atoms with Crippen LogP contribution in [-0.4, -0.2) is 36.1 Å². The molecule has 2 fully saturated rings. The number of nitrogens with two attached hydrogens (primary N) is 1. The second-order valence-corrected chi connectivity index (χ2v) is 4.64. The van der Waals surface area contributed by atoms with Crippen molar-refractivity contribution in [3.05, 3.63) is 6.20 Å². The predicted molar refractivity (Wildman–Crippen MR) is 57.2 cm³/mol. The number of hydrogen-bond donors (Lipinski definition) is 1. The van der Waals surface area contributed by atoms with E-state index in [0.717, 1.165) is 0 Å². The van der Waals surface area contributed by atoms with E-state index in [1.54, 1.807) is 4.90 Å². The summed E-state index contributed by atoms with van der Waals surface area (Å²) in [6, 6.07) is 0. The summed E-state index contributed by atoms with van der Waals surface area (Å²) in [7, 11) is 1.44. The number of aromatic nitrogens is 2. The summed E-state index contributed by atoms with van der Waals surface area (Å²) in [5.74, 6) is -1.55. The van der Waals surface area contributed by atoms with E-state index in [4.69, 9.17) is 10.5 Å². The summed E-state index contributed by atoms with van der Waals surface area (Å²) in [6.07, 6.45) is 1.46. The molecule has 2 N–H and O–H groups in total. The van der Waals surface area contributed by atoms with Crippen LogP contribution >= 0.6 is 0 Å². The number of anilines is 2. The van der Waals surface area contributed by atoms with Crippen molar-refractivity contribution in [2.45, 2.75) is 12.3 Å². The average molecular weight is 242 g/mol. The van der Waals surface area contributed by atoms with E-state index in [1.807, 2.05) is 0 Å². The number of ether oxygens (including phenoxy) is 1. The number of alkyl halides is 2. The van der Waals surface area contributed by atoms with Crippen LogP contribution in [0.1, 0.15) is 6.42 Å². The van der Waals surface area contributed by atoms with E-state index in [9.17, 15) is 8.78 Å². The molecule has 0 unspecified atom stereocenters. The highest BCUT2D eigenvalue weighted by Crippen LogP contribution is 2.65. The molecule has 1 saturated heterocycles. The average Bonchev–Trinajstić information content (AvgIpc) is 2.81. The summed E-state index contributed by atoms with van der Waals surface area (Å²) in [6.45, 7) is 0.642. The molecule has 5 nitrogen and oxygen atoms in total. The van der Waals surface area contributed by atoms with Crippen LogP contribution in [0, 0.1) is 5.41 Å². The van der Waals surface area contributed by atoms with Crippen LogP contribution < -0.4 is 15.4 Å². The summed E-state index contributed by atoms with van der Waals surface area (Å²) in [5.41, 5.74) is 4.71. The molecule has 1 aromatic rings. The fourth-order valence-corrected chi connectivity index (χ4v) is 2.25. The van der Waals surface area contributed by atoms with E-state index >= 15 is 0 Å². The van der Waals surface area contributed by atoms with Gasteiger partial charge < -0.3 is 15.4 Å². The number of nitrogen functional groups attached to an aromatic ring is 1. The van der Waals surface area contributed by atoms with Crippen molar-refractivity contribution < 1.29 is 13.5 Å². The summed E-state index contributed by atoms with van der Waals surface area (Å²) in [4.78, 5) is 9.80. The first-order chi connectivity index (χ1) is 7.97. The van der Waals surface area contributed by atoms with Gasteiger partial charge in [0.15, 0.2) is 11.6 Å². The second kappa shape index (κ2) is 2.96. The minimum Gasteiger partial charge on any atom is -0.478 e. The summed E-state index contributed by atoms with van der Waals surface area (Å²) >= 11 is 0. The highest BCUT2D eigenvalue weighted by atomic mass is 19.3. The first kappa shape index (κ1) is 10.5. The van der Waals surface area contributed by atoms with Gasteiger partial charge in [-0.05, 0) is 0 Å². The standard InChI is InChI=1S/C10H12F2N4O/c1-17-8-7(13)14-2-6(15-8)16-4-9(5-16)3-10(9,11)12/h2H,3-5H2,1H3,(H2,13,14). The summed E-state index contributed by atoms with van der Waals surface area (Å²) in [5, 5.41) is 0. The lowest BCUT2D eigenvalue weighted by Gasteiger charge is -2.40. The van der Waals surface area contributed by atoms with Crippen molar-refractivity contribution in [3.8, 4) is 5.88 Å². The molecule has 1 aromatic heterocycles. The van der Waals surface area contributed by atoms with Crippen LogP contribution in [0.15, 0.2) is 6.20 Å². The molecule has 0 bridgehead atoms. The molecule has 0 radical (unpaired) electrons. The quantitative estimate of drug-likeness (QED) is 0.835. The number of methoxy groups -OCH3 is 1. The van der Waals surface area contributed by atoms with Gasteiger partial charge in [0.2, 0.25) is 0 Å². The molecule has 0 aromatic carbocycles. The Labute approximate surface area is 96.6 Å². The predicted octanol–water partition coefficient (Wildman–Crippen LogP) is 0.913. The van der Waals surface area contributed by atoms with Crippen molar-refractivity contribution in [2.75, 3.05) is 30.8 Å². The molecule has 7 heteroatoms. The van der Waals surface area contributed by atoms with Crippen LogP contribution in [0.5, 0.6) is 5.88 Å². The largest absolute Gasteiger partial charge is 0.478 e. The Morgan fingerprint density at radius 1 is 1.47 bits per heavy atom. The molecule has 1 spiro atoms. The maximum atomic E-state index is 13.0. The minimum absolute atomic E-state index is 0.0178. The molecular formula is C10H12F2N4O. The molecule has 0 amide bonds. The zero-order chi connectivity index (χ0) is 12.3. The Hall–Kier alpha value is -1.66. The topological polar surface area (TPSA) is 64.3 Å². The van der Waals surface area contributed by atoms with Crippen LogP contribution in [0.25, 0.3) is 0 Å². The monoisotopic (exact) mass is 242 g/mol. The fraction of sp³-hybridized carbons (Fsp3) is 0.600. The molecule has 1 saturated carbocycles. The minimum atomic E-state index is -2.51. The van der Waals surface area contributed by atoms with Crippen LogP contribution in [0.2, 0.25) is 0 Å². The van der Waals surface area contributed by atoms with Gasteiger partial charge in [-0.25, -0.2) is 13.8 Å². The van der Waals surface area contributed by atoms with Gasteiger partial charge >= 0.3 is 0 Å². The van der Waals surface area contributed by atoms with Gasteiger partial charge in [0, 0.05) is 19.5 Å². The molecule has 17 heavy (non-hydrogen) atoms. The molecule has 2 heterocycles. The van der Waals surface area contributed by atoms with Gasteiger partial charge in [-0.3, -0.25) is 0 Å². The van der Waals surface area contributed by atoms with Crippen LogP contribution in [0.4, 0.5) is 20.4 Å². The highest BCUT2D eigenvalue weighted by molar-refractivity contribution is 5.51. The van der Waals surface area contributed by atoms with E-state index in [1.165, 1.54) is 13.3 Å². The van der Waals surface area contributed by atoms with E-state index in [2.05, 4.69) is 9.97 Å². The zero-order valence-corrected chi connectivity index (χ0v) is 9.28. The van der Waals surface area contributed by atoms with Crippen molar-refractivity contribution in [3.63, 3.8) is 0 Å². The Kier molecular flexibility index (Phi) is 1.83.